The summed E-state index contributed by atoms with van der Waals surface area (Å²) in [5.74, 6) is 0. The molecule has 0 radical (unpaired) electrons. The molecule has 1 rings (SSSR count). The molecule has 19 heavy (non-hydrogen) atoms. The van der Waals surface area contributed by atoms with Gasteiger partial charge in [-0.05, 0) is 0 Å². The summed E-state index contributed by atoms with van der Waals surface area (Å²) >= 11 is 0. The summed E-state index contributed by atoms with van der Waals surface area (Å²) in [5.41, 5.74) is -3.47. The SMILES string of the molecule is CN(N=O)c1c([N+](=O)[O-])cc([N+](=O)[O-])cc1[N+](=O)[O-]. The third kappa shape index (κ3) is 2.56. The van der Waals surface area contributed by atoms with E-state index in [4.69, 9.17) is 0 Å². The Balaban J connectivity index is 3.75. The van der Waals surface area contributed by atoms with E-state index in [0.29, 0.717) is 17.1 Å². The summed E-state index contributed by atoms with van der Waals surface area (Å²) in [7, 11) is 0.953. The largest absolute Gasteiger partial charge is 0.308 e. The molecule has 0 saturated carbocycles. The number of nitrogens with zero attached hydrogens (tertiary/aromatic N) is 5. The van der Waals surface area contributed by atoms with E-state index < -0.39 is 37.5 Å². The normalized spacial score (nSPS) is 9.74. The van der Waals surface area contributed by atoms with E-state index in [1.54, 1.807) is 0 Å². The van der Waals surface area contributed by atoms with Crippen molar-refractivity contribution in [2.75, 3.05) is 12.1 Å². The Morgan fingerprint density at radius 1 is 1.00 bits per heavy atom. The molecule has 0 unspecified atom stereocenters. The summed E-state index contributed by atoms with van der Waals surface area (Å²) in [5, 5.41) is 34.8. The highest BCUT2D eigenvalue weighted by Crippen LogP contribution is 2.40. The monoisotopic (exact) mass is 271 g/mol. The molecule has 0 fully saturated rings. The molecule has 1 aromatic carbocycles. The third-order valence-corrected chi connectivity index (χ3v) is 2.10. The topological polar surface area (TPSA) is 162 Å². The molecule has 0 aliphatic rings. The van der Waals surface area contributed by atoms with Gasteiger partial charge in [-0.25, -0.2) is 5.01 Å². The molecule has 0 aliphatic heterocycles. The standard InChI is InChI=1S/C7H5N5O7/c1-9(8-13)7-5(11(16)17)2-4(10(14)15)3-6(7)12(18)19/h2-3H,1H3. The zero-order chi connectivity index (χ0) is 14.7. The van der Waals surface area contributed by atoms with Crippen molar-refractivity contribution in [3.05, 3.63) is 47.4 Å². The van der Waals surface area contributed by atoms with E-state index in [0.717, 1.165) is 7.05 Å². The van der Waals surface area contributed by atoms with Crippen LogP contribution in [0.25, 0.3) is 0 Å². The van der Waals surface area contributed by atoms with Gasteiger partial charge in [-0.2, -0.15) is 0 Å². The van der Waals surface area contributed by atoms with Crippen LogP contribution in [0.15, 0.2) is 17.4 Å². The lowest BCUT2D eigenvalue weighted by Crippen LogP contribution is -2.12. The van der Waals surface area contributed by atoms with Gasteiger partial charge in [0.1, 0.15) is 0 Å². The Morgan fingerprint density at radius 2 is 1.42 bits per heavy atom. The van der Waals surface area contributed by atoms with Gasteiger partial charge in [-0.15, -0.1) is 4.91 Å². The Kier molecular flexibility index (Phi) is 3.65. The average Bonchev–Trinajstić information content (AvgIpc) is 2.35. The molecule has 0 amide bonds. The maximum Gasteiger partial charge on any atom is 0.308 e. The zero-order valence-electron chi connectivity index (χ0n) is 9.25. The Hall–Kier alpha value is -3.18. The van der Waals surface area contributed by atoms with Crippen LogP contribution in [-0.2, 0) is 0 Å². The van der Waals surface area contributed by atoms with Crippen molar-refractivity contribution >= 4 is 22.7 Å². The molecule has 1 aromatic rings. The summed E-state index contributed by atoms with van der Waals surface area (Å²) in [6.07, 6.45) is 0. The maximum atomic E-state index is 10.8. The smallest absolute Gasteiger partial charge is 0.258 e. The lowest BCUT2D eigenvalue weighted by molar-refractivity contribution is -0.402. The van der Waals surface area contributed by atoms with Gasteiger partial charge in [0.25, 0.3) is 5.69 Å². The van der Waals surface area contributed by atoms with Crippen molar-refractivity contribution in [3.8, 4) is 0 Å². The highest BCUT2D eigenvalue weighted by atomic mass is 16.6. The fraction of sp³-hybridized carbons (Fsp3) is 0.143. The molecule has 100 valence electrons. The predicted octanol–water partition coefficient (Wildman–Crippen LogP) is 1.53. The Labute approximate surface area is 103 Å². The van der Waals surface area contributed by atoms with E-state index in [9.17, 15) is 35.3 Å². The van der Waals surface area contributed by atoms with Crippen molar-refractivity contribution < 1.29 is 14.8 Å². The van der Waals surface area contributed by atoms with Crippen LogP contribution in [0.1, 0.15) is 0 Å². The van der Waals surface area contributed by atoms with Crippen molar-refractivity contribution in [3.63, 3.8) is 0 Å². The van der Waals surface area contributed by atoms with Gasteiger partial charge < -0.3 is 0 Å². The van der Waals surface area contributed by atoms with Crippen molar-refractivity contribution in [2.24, 2.45) is 5.29 Å². The second-order valence-electron chi connectivity index (χ2n) is 3.21. The van der Waals surface area contributed by atoms with E-state index >= 15 is 0 Å². The fourth-order valence-electron chi connectivity index (χ4n) is 1.35. The first kappa shape index (κ1) is 13.9. The highest BCUT2D eigenvalue weighted by molar-refractivity contribution is 5.77. The lowest BCUT2D eigenvalue weighted by Gasteiger charge is -2.09. The second-order valence-corrected chi connectivity index (χ2v) is 3.21. The second kappa shape index (κ2) is 4.99. The quantitative estimate of drug-likeness (QED) is 0.442. The summed E-state index contributed by atoms with van der Waals surface area (Å²) in [4.78, 5) is 39.3. The molecule has 0 aliphatic carbocycles. The third-order valence-electron chi connectivity index (χ3n) is 2.10. The minimum absolute atomic E-state index is 0.361. The molecule has 0 atom stereocenters. The van der Waals surface area contributed by atoms with Crippen LogP contribution in [0.4, 0.5) is 22.7 Å². The number of nitro benzene ring substituents is 3. The van der Waals surface area contributed by atoms with Gasteiger partial charge in [0.15, 0.2) is 0 Å². The van der Waals surface area contributed by atoms with Crippen LogP contribution in [-0.4, -0.2) is 21.8 Å². The molecular formula is C7H5N5O7. The minimum Gasteiger partial charge on any atom is -0.258 e. The maximum absolute atomic E-state index is 10.8. The summed E-state index contributed by atoms with van der Waals surface area (Å²) in [6.45, 7) is 0. The number of anilines is 1. The Bertz CT molecular complexity index is 550. The summed E-state index contributed by atoms with van der Waals surface area (Å²) in [6, 6.07) is 1.04. The number of non-ortho nitro benzene ring substituents is 1. The number of rotatable bonds is 5. The van der Waals surface area contributed by atoms with Crippen LogP contribution < -0.4 is 5.01 Å². The molecule has 0 N–H and O–H groups in total. The van der Waals surface area contributed by atoms with Crippen LogP contribution in [0.5, 0.6) is 0 Å². The van der Waals surface area contributed by atoms with Crippen molar-refractivity contribution in [2.45, 2.75) is 0 Å². The highest BCUT2D eigenvalue weighted by Gasteiger charge is 2.33. The number of nitroso groups, excluding NO2 is 1. The molecule has 0 aromatic heterocycles. The number of nitro groups is 3. The first-order valence-corrected chi connectivity index (χ1v) is 4.47. The minimum atomic E-state index is -1.07. The van der Waals surface area contributed by atoms with E-state index in [2.05, 4.69) is 5.29 Å². The predicted molar refractivity (Wildman–Crippen MR) is 60.6 cm³/mol. The van der Waals surface area contributed by atoms with Crippen molar-refractivity contribution in [1.29, 1.82) is 0 Å². The van der Waals surface area contributed by atoms with E-state index in [1.807, 2.05) is 0 Å². The fourth-order valence-corrected chi connectivity index (χ4v) is 1.35. The van der Waals surface area contributed by atoms with Crippen LogP contribution >= 0.6 is 0 Å². The van der Waals surface area contributed by atoms with Gasteiger partial charge in [-0.3, -0.25) is 30.3 Å². The van der Waals surface area contributed by atoms with Crippen LogP contribution in [0.3, 0.4) is 0 Å². The number of benzene rings is 1. The van der Waals surface area contributed by atoms with Gasteiger partial charge >= 0.3 is 11.4 Å². The molecule has 0 heterocycles. The molecule has 12 nitrogen and oxygen atoms in total. The van der Waals surface area contributed by atoms with E-state index in [1.165, 1.54) is 0 Å². The lowest BCUT2D eigenvalue weighted by atomic mass is 10.2. The van der Waals surface area contributed by atoms with Crippen LogP contribution in [0, 0.1) is 35.3 Å². The average molecular weight is 271 g/mol. The summed E-state index contributed by atoms with van der Waals surface area (Å²) < 4.78 is 0. The molecule has 12 heteroatoms. The van der Waals surface area contributed by atoms with Gasteiger partial charge in [0.2, 0.25) is 5.69 Å². The van der Waals surface area contributed by atoms with Gasteiger partial charge in [-0.1, -0.05) is 0 Å². The van der Waals surface area contributed by atoms with Gasteiger partial charge in [0.05, 0.1) is 32.2 Å². The number of hydrogen-bond donors (Lipinski definition) is 0. The zero-order valence-corrected chi connectivity index (χ0v) is 9.25. The van der Waals surface area contributed by atoms with Gasteiger partial charge in [0, 0.05) is 7.05 Å². The molecule has 0 saturated heterocycles. The molecule has 0 bridgehead atoms. The first-order valence-electron chi connectivity index (χ1n) is 4.47. The number of hydrogen-bond acceptors (Lipinski definition) is 8. The van der Waals surface area contributed by atoms with Crippen LogP contribution in [0.2, 0.25) is 0 Å². The van der Waals surface area contributed by atoms with E-state index in [-0.39, 0.29) is 0 Å². The molecular weight excluding hydrogens is 266 g/mol. The first-order chi connectivity index (χ1) is 8.79. The molecule has 0 spiro atoms. The van der Waals surface area contributed by atoms with Crippen molar-refractivity contribution in [1.82, 2.24) is 0 Å². The Morgan fingerprint density at radius 3 is 1.68 bits per heavy atom.